The Hall–Kier alpha value is -1.48. The highest BCUT2D eigenvalue weighted by Gasteiger charge is 2.17. The van der Waals surface area contributed by atoms with Crippen molar-refractivity contribution in [2.45, 2.75) is 31.7 Å². The molecular formula is C14H16ClN3. The van der Waals surface area contributed by atoms with E-state index in [1.165, 1.54) is 25.7 Å². The maximum absolute atomic E-state index is 6.32. The van der Waals surface area contributed by atoms with E-state index >= 15 is 0 Å². The second-order valence-electron chi connectivity index (χ2n) is 4.73. The third kappa shape index (κ3) is 2.23. The van der Waals surface area contributed by atoms with Crippen LogP contribution in [0.4, 0.5) is 5.69 Å². The Morgan fingerprint density at radius 3 is 2.83 bits per heavy atom. The fourth-order valence-electron chi connectivity index (χ4n) is 2.58. The molecule has 1 fully saturated rings. The van der Waals surface area contributed by atoms with Gasteiger partial charge >= 0.3 is 0 Å². The first-order valence-corrected chi connectivity index (χ1v) is 6.76. The van der Waals surface area contributed by atoms with Crippen molar-refractivity contribution in [3.8, 4) is 5.69 Å². The van der Waals surface area contributed by atoms with Crippen molar-refractivity contribution in [2.24, 2.45) is 0 Å². The first kappa shape index (κ1) is 11.6. The van der Waals surface area contributed by atoms with E-state index in [1.807, 2.05) is 22.9 Å². The highest BCUT2D eigenvalue weighted by molar-refractivity contribution is 6.33. The van der Waals surface area contributed by atoms with Crippen LogP contribution in [0.15, 0.2) is 36.9 Å². The van der Waals surface area contributed by atoms with E-state index in [2.05, 4.69) is 16.4 Å². The molecule has 18 heavy (non-hydrogen) atoms. The smallest absolute Gasteiger partial charge is 0.0992 e. The lowest BCUT2D eigenvalue weighted by molar-refractivity contribution is 0.754. The van der Waals surface area contributed by atoms with Crippen LogP contribution in [-0.4, -0.2) is 15.6 Å². The molecule has 1 aromatic carbocycles. The van der Waals surface area contributed by atoms with Crippen LogP contribution in [0, 0.1) is 0 Å². The summed E-state index contributed by atoms with van der Waals surface area (Å²) < 4.78 is 1.96. The highest BCUT2D eigenvalue weighted by atomic mass is 35.5. The second-order valence-corrected chi connectivity index (χ2v) is 5.14. The number of benzene rings is 1. The first-order chi connectivity index (χ1) is 8.84. The third-order valence-corrected chi connectivity index (χ3v) is 3.77. The van der Waals surface area contributed by atoms with Crippen molar-refractivity contribution < 1.29 is 0 Å². The van der Waals surface area contributed by atoms with Crippen molar-refractivity contribution in [1.29, 1.82) is 0 Å². The van der Waals surface area contributed by atoms with Crippen LogP contribution in [0.5, 0.6) is 0 Å². The number of nitrogens with zero attached hydrogens (tertiary/aromatic N) is 2. The number of halogens is 1. The van der Waals surface area contributed by atoms with Crippen molar-refractivity contribution in [2.75, 3.05) is 5.32 Å². The SMILES string of the molecule is Clc1cccc(NC2CCCC2)c1-n1ccnc1. The number of anilines is 1. The zero-order valence-corrected chi connectivity index (χ0v) is 10.9. The lowest BCUT2D eigenvalue weighted by Gasteiger charge is -2.18. The molecule has 0 aliphatic heterocycles. The zero-order valence-electron chi connectivity index (χ0n) is 10.1. The minimum Gasteiger partial charge on any atom is -0.381 e. The Morgan fingerprint density at radius 1 is 1.28 bits per heavy atom. The minimum atomic E-state index is 0.575. The summed E-state index contributed by atoms with van der Waals surface area (Å²) in [4.78, 5) is 4.09. The molecule has 1 aromatic heterocycles. The quantitative estimate of drug-likeness (QED) is 0.909. The molecule has 1 aliphatic carbocycles. The van der Waals surface area contributed by atoms with E-state index in [0.29, 0.717) is 6.04 Å². The summed E-state index contributed by atoms with van der Waals surface area (Å²) in [6, 6.07) is 6.56. The van der Waals surface area contributed by atoms with Gasteiger partial charge in [-0.1, -0.05) is 30.5 Å². The summed E-state index contributed by atoms with van der Waals surface area (Å²) in [5, 5.41) is 4.35. The maximum atomic E-state index is 6.32. The van der Waals surface area contributed by atoms with Gasteiger partial charge in [-0.25, -0.2) is 4.98 Å². The molecule has 1 saturated carbocycles. The largest absolute Gasteiger partial charge is 0.381 e. The lowest BCUT2D eigenvalue weighted by atomic mass is 10.2. The van der Waals surface area contributed by atoms with Gasteiger partial charge in [0.1, 0.15) is 0 Å². The Labute approximate surface area is 112 Å². The number of hydrogen-bond acceptors (Lipinski definition) is 2. The molecule has 0 atom stereocenters. The van der Waals surface area contributed by atoms with Gasteiger partial charge in [0.2, 0.25) is 0 Å². The van der Waals surface area contributed by atoms with Gasteiger partial charge in [0.05, 0.1) is 22.7 Å². The number of rotatable bonds is 3. The summed E-state index contributed by atoms with van der Waals surface area (Å²) in [5.74, 6) is 0. The van der Waals surface area contributed by atoms with Crippen LogP contribution < -0.4 is 5.32 Å². The van der Waals surface area contributed by atoms with Crippen molar-refractivity contribution in [3.63, 3.8) is 0 Å². The molecule has 1 heterocycles. The maximum Gasteiger partial charge on any atom is 0.0992 e. The van der Waals surface area contributed by atoms with E-state index < -0.39 is 0 Å². The van der Waals surface area contributed by atoms with Crippen molar-refractivity contribution in [3.05, 3.63) is 41.9 Å². The molecule has 0 saturated heterocycles. The van der Waals surface area contributed by atoms with Crippen molar-refractivity contribution >= 4 is 17.3 Å². The number of imidazole rings is 1. The van der Waals surface area contributed by atoms with Gasteiger partial charge in [-0.2, -0.15) is 0 Å². The Kier molecular flexibility index (Phi) is 3.24. The average molecular weight is 262 g/mol. The Morgan fingerprint density at radius 2 is 2.11 bits per heavy atom. The summed E-state index contributed by atoms with van der Waals surface area (Å²) in [5.41, 5.74) is 2.08. The molecule has 0 unspecified atom stereocenters. The number of hydrogen-bond donors (Lipinski definition) is 1. The Balaban J connectivity index is 1.95. The normalized spacial score (nSPS) is 16.1. The predicted molar refractivity (Wildman–Crippen MR) is 74.5 cm³/mol. The van der Waals surface area contributed by atoms with E-state index in [1.54, 1.807) is 12.5 Å². The highest BCUT2D eigenvalue weighted by Crippen LogP contribution is 2.31. The predicted octanol–water partition coefficient (Wildman–Crippen LogP) is 3.88. The standard InChI is InChI=1S/C14H16ClN3/c15-12-6-3-7-13(17-11-4-1-2-5-11)14(12)18-9-8-16-10-18/h3,6-11,17H,1-2,4-5H2. The molecule has 0 spiro atoms. The van der Waals surface area contributed by atoms with Gasteiger partial charge in [0.15, 0.2) is 0 Å². The Bertz CT molecular complexity index is 516. The minimum absolute atomic E-state index is 0.575. The van der Waals surface area contributed by atoms with E-state index in [0.717, 1.165) is 16.4 Å². The molecule has 0 radical (unpaired) electrons. The number of para-hydroxylation sites is 1. The van der Waals surface area contributed by atoms with Crippen LogP contribution in [0.2, 0.25) is 5.02 Å². The molecule has 1 aliphatic rings. The molecule has 3 nitrogen and oxygen atoms in total. The monoisotopic (exact) mass is 261 g/mol. The molecule has 2 aromatic rings. The molecule has 0 amide bonds. The van der Waals surface area contributed by atoms with E-state index in [9.17, 15) is 0 Å². The van der Waals surface area contributed by atoms with Gasteiger partial charge in [-0.05, 0) is 25.0 Å². The molecule has 94 valence electrons. The molecular weight excluding hydrogens is 246 g/mol. The zero-order chi connectivity index (χ0) is 12.4. The fraction of sp³-hybridized carbons (Fsp3) is 0.357. The first-order valence-electron chi connectivity index (χ1n) is 6.38. The summed E-state index contributed by atoms with van der Waals surface area (Å²) in [7, 11) is 0. The van der Waals surface area contributed by atoms with Crippen LogP contribution in [0.25, 0.3) is 5.69 Å². The number of aromatic nitrogens is 2. The van der Waals surface area contributed by atoms with E-state index in [-0.39, 0.29) is 0 Å². The molecule has 4 heteroatoms. The molecule has 3 rings (SSSR count). The van der Waals surface area contributed by atoms with Crippen LogP contribution in [0.1, 0.15) is 25.7 Å². The second kappa shape index (κ2) is 5.02. The fourth-order valence-corrected chi connectivity index (χ4v) is 2.85. The molecule has 1 N–H and O–H groups in total. The van der Waals surface area contributed by atoms with Gasteiger partial charge in [-0.3, -0.25) is 0 Å². The number of nitrogens with one attached hydrogen (secondary N) is 1. The average Bonchev–Trinajstić information content (AvgIpc) is 3.01. The van der Waals surface area contributed by atoms with Gasteiger partial charge in [-0.15, -0.1) is 0 Å². The van der Waals surface area contributed by atoms with Gasteiger partial charge in [0, 0.05) is 18.4 Å². The lowest BCUT2D eigenvalue weighted by Crippen LogP contribution is -2.16. The van der Waals surface area contributed by atoms with Crippen LogP contribution in [-0.2, 0) is 0 Å². The summed E-state index contributed by atoms with van der Waals surface area (Å²) in [6.45, 7) is 0. The molecule has 0 bridgehead atoms. The van der Waals surface area contributed by atoms with Crippen molar-refractivity contribution in [1.82, 2.24) is 9.55 Å². The van der Waals surface area contributed by atoms with Gasteiger partial charge in [0.25, 0.3) is 0 Å². The third-order valence-electron chi connectivity index (χ3n) is 3.46. The topological polar surface area (TPSA) is 29.9 Å². The summed E-state index contributed by atoms with van der Waals surface area (Å²) in [6.07, 6.45) is 10.6. The van der Waals surface area contributed by atoms with E-state index in [4.69, 9.17) is 11.6 Å². The van der Waals surface area contributed by atoms with Gasteiger partial charge < -0.3 is 9.88 Å². The van der Waals surface area contributed by atoms with Crippen LogP contribution in [0.3, 0.4) is 0 Å². The summed E-state index contributed by atoms with van der Waals surface area (Å²) >= 11 is 6.32. The van der Waals surface area contributed by atoms with Crippen LogP contribution >= 0.6 is 11.6 Å².